The maximum absolute atomic E-state index is 12.5. The second kappa shape index (κ2) is 12.3. The van der Waals surface area contributed by atoms with Gasteiger partial charge < -0.3 is 19.9 Å². The van der Waals surface area contributed by atoms with Crippen LogP contribution in [-0.4, -0.2) is 53.3 Å². The number of ketones is 1. The summed E-state index contributed by atoms with van der Waals surface area (Å²) in [5.74, 6) is -0.405. The van der Waals surface area contributed by atoms with E-state index in [1.54, 1.807) is 6.08 Å². The fraction of sp³-hybridized carbons (Fsp3) is 0.667. The van der Waals surface area contributed by atoms with Crippen LogP contribution < -0.4 is 5.32 Å². The number of carbonyl (C=O) groups is 2. The molecule has 2 N–H and O–H groups in total. The van der Waals surface area contributed by atoms with Crippen LogP contribution in [0.25, 0.3) is 0 Å². The Hall–Kier alpha value is -1.18. The molecular weight excluding hydrogens is 453 g/mol. The van der Waals surface area contributed by atoms with E-state index in [2.05, 4.69) is 25.2 Å². The predicted octanol–water partition coefficient (Wildman–Crippen LogP) is 4.39. The zero-order chi connectivity index (χ0) is 23.9. The monoisotopic (exact) mass is 487 g/mol. The smallest absolute Gasteiger partial charge is 0.244 e. The quantitative estimate of drug-likeness (QED) is 0.206. The number of amides is 1. The number of ether oxygens (including phenoxy) is 2. The van der Waals surface area contributed by atoms with Gasteiger partial charge in [-0.25, -0.2) is 0 Å². The molecular formula is C24H35Cl2NO5. The van der Waals surface area contributed by atoms with Crippen LogP contribution in [0.15, 0.2) is 34.9 Å². The second-order valence-corrected chi connectivity index (χ2v) is 9.65. The van der Waals surface area contributed by atoms with Crippen LogP contribution in [-0.2, 0) is 19.1 Å². The third-order valence-corrected chi connectivity index (χ3v) is 6.69. The first-order chi connectivity index (χ1) is 15.1. The second-order valence-electron chi connectivity index (χ2n) is 8.77. The Bertz CT molecular complexity index is 765. The lowest BCUT2D eigenvalue weighted by Gasteiger charge is -2.36. The van der Waals surface area contributed by atoms with E-state index in [1.807, 2.05) is 6.92 Å². The largest absolute Gasteiger partial charge is 0.388 e. The molecule has 1 amide bonds. The third-order valence-electron chi connectivity index (χ3n) is 5.96. The number of halogens is 2. The van der Waals surface area contributed by atoms with Crippen molar-refractivity contribution in [2.45, 2.75) is 88.7 Å². The molecule has 32 heavy (non-hydrogen) atoms. The number of Topliss-reactive ketones (excluding diaryl/α,β-unsaturated/α-hetero) is 1. The summed E-state index contributed by atoms with van der Waals surface area (Å²) >= 11 is 12.1. The number of hydrogen-bond acceptors (Lipinski definition) is 5. The number of rotatable bonds is 10. The zero-order valence-corrected chi connectivity index (χ0v) is 20.8. The Balaban J connectivity index is 1.97. The predicted molar refractivity (Wildman–Crippen MR) is 127 cm³/mol. The average Bonchev–Trinajstić information content (AvgIpc) is 3.10. The van der Waals surface area contributed by atoms with Crippen molar-refractivity contribution < 1.29 is 24.2 Å². The van der Waals surface area contributed by atoms with Gasteiger partial charge in [0.05, 0.1) is 11.1 Å². The van der Waals surface area contributed by atoms with Gasteiger partial charge in [0.2, 0.25) is 5.91 Å². The average molecular weight is 488 g/mol. The lowest BCUT2D eigenvalue weighted by molar-refractivity contribution is -0.176. The highest BCUT2D eigenvalue weighted by Crippen LogP contribution is 2.42. The van der Waals surface area contributed by atoms with Crippen LogP contribution in [0.1, 0.15) is 59.3 Å². The zero-order valence-electron chi connectivity index (χ0n) is 19.3. The standard InChI is InChI=1S/C24H35Cl2NO5/c1-5-6-7-8-9-15(2)12-16(3)10-11-19(28)27-18-14-24(32-23(18)31-4)13-17(25)21(29)20(26)22(24)30/h10-13,15,18,20,22-23,30H,5-9,14H2,1-4H3,(H,27,28)/b11-10+,16-12+/t15?,18-,20-,22+,23+,24-/m1/s1. The highest BCUT2D eigenvalue weighted by Gasteiger charge is 2.56. The molecule has 1 fully saturated rings. The summed E-state index contributed by atoms with van der Waals surface area (Å²) in [6.07, 6.45) is 10.9. The highest BCUT2D eigenvalue weighted by atomic mass is 35.5. The van der Waals surface area contributed by atoms with Gasteiger partial charge in [0, 0.05) is 19.6 Å². The number of unbranched alkanes of at least 4 members (excludes halogenated alkanes) is 3. The summed E-state index contributed by atoms with van der Waals surface area (Å²) in [6, 6.07) is -0.550. The molecule has 1 spiro atoms. The van der Waals surface area contributed by atoms with Gasteiger partial charge in [-0.3, -0.25) is 9.59 Å². The molecule has 2 rings (SSSR count). The minimum atomic E-state index is -1.31. The maximum Gasteiger partial charge on any atom is 0.244 e. The number of alkyl halides is 1. The molecule has 1 aliphatic carbocycles. The Morgan fingerprint density at radius 1 is 1.41 bits per heavy atom. The molecule has 1 heterocycles. The first kappa shape index (κ1) is 27.1. The number of nitrogens with one attached hydrogen (secondary N) is 1. The van der Waals surface area contributed by atoms with Gasteiger partial charge in [-0.1, -0.05) is 68.9 Å². The van der Waals surface area contributed by atoms with Crippen LogP contribution in [0.4, 0.5) is 0 Å². The Morgan fingerprint density at radius 2 is 2.12 bits per heavy atom. The molecule has 0 aromatic heterocycles. The van der Waals surface area contributed by atoms with Crippen molar-refractivity contribution in [1.82, 2.24) is 5.32 Å². The van der Waals surface area contributed by atoms with Crippen molar-refractivity contribution >= 4 is 34.9 Å². The van der Waals surface area contributed by atoms with Crippen LogP contribution >= 0.6 is 23.2 Å². The van der Waals surface area contributed by atoms with E-state index in [9.17, 15) is 14.7 Å². The van der Waals surface area contributed by atoms with Crippen molar-refractivity contribution in [3.05, 3.63) is 34.9 Å². The normalized spacial score (nSPS) is 31.9. The fourth-order valence-corrected chi connectivity index (χ4v) is 4.90. The van der Waals surface area contributed by atoms with Crippen LogP contribution in [0.5, 0.6) is 0 Å². The molecule has 180 valence electrons. The van der Waals surface area contributed by atoms with E-state index in [-0.39, 0.29) is 17.4 Å². The van der Waals surface area contributed by atoms with Gasteiger partial charge in [-0.05, 0) is 25.3 Å². The highest BCUT2D eigenvalue weighted by molar-refractivity contribution is 6.49. The summed E-state index contributed by atoms with van der Waals surface area (Å²) in [7, 11) is 1.44. The SMILES string of the molecule is CCCCCCC(C)/C=C(C)/C=C/C(=O)N[C@@H]1C[C@@]2(C=C(Cl)C(=O)[C@@H](Cl)[C@@H]2O)O[C@@H]1OC. The maximum atomic E-state index is 12.5. The van der Waals surface area contributed by atoms with E-state index in [0.29, 0.717) is 5.92 Å². The van der Waals surface area contributed by atoms with E-state index in [1.165, 1.54) is 44.9 Å². The number of hydrogen-bond donors (Lipinski definition) is 2. The van der Waals surface area contributed by atoms with Crippen LogP contribution in [0.2, 0.25) is 0 Å². The Labute approximate surface area is 201 Å². The van der Waals surface area contributed by atoms with Gasteiger partial charge in [-0.2, -0.15) is 0 Å². The minimum absolute atomic E-state index is 0.0957. The molecule has 0 aromatic carbocycles. The first-order valence-electron chi connectivity index (χ1n) is 11.3. The van der Waals surface area contributed by atoms with E-state index in [0.717, 1.165) is 12.0 Å². The number of aliphatic hydroxyl groups is 1. The van der Waals surface area contributed by atoms with E-state index in [4.69, 9.17) is 32.7 Å². The van der Waals surface area contributed by atoms with Crippen molar-refractivity contribution in [2.24, 2.45) is 5.92 Å². The topological polar surface area (TPSA) is 84.9 Å². The van der Waals surface area contributed by atoms with E-state index >= 15 is 0 Å². The summed E-state index contributed by atoms with van der Waals surface area (Å²) in [6.45, 7) is 6.36. The van der Waals surface area contributed by atoms with Crippen molar-refractivity contribution in [3.63, 3.8) is 0 Å². The van der Waals surface area contributed by atoms with Crippen molar-refractivity contribution in [2.75, 3.05) is 7.11 Å². The van der Waals surface area contributed by atoms with Gasteiger partial charge in [-0.15, -0.1) is 11.6 Å². The molecule has 8 heteroatoms. The number of aliphatic hydroxyl groups excluding tert-OH is 1. The number of carbonyl (C=O) groups excluding carboxylic acids is 2. The molecule has 0 aromatic rings. The van der Waals surface area contributed by atoms with Gasteiger partial charge in [0.15, 0.2) is 12.1 Å². The lowest BCUT2D eigenvalue weighted by atomic mass is 9.83. The summed E-state index contributed by atoms with van der Waals surface area (Å²) in [5.41, 5.74) is -0.283. The van der Waals surface area contributed by atoms with Gasteiger partial charge in [0.25, 0.3) is 0 Å². The van der Waals surface area contributed by atoms with Crippen LogP contribution in [0, 0.1) is 5.92 Å². The third kappa shape index (κ3) is 6.91. The number of allylic oxidation sites excluding steroid dienone is 4. The molecule has 6 atom stereocenters. The number of methoxy groups -OCH3 is 1. The van der Waals surface area contributed by atoms with E-state index < -0.39 is 35.2 Å². The Kier molecular flexibility index (Phi) is 10.4. The first-order valence-corrected chi connectivity index (χ1v) is 12.1. The Morgan fingerprint density at radius 3 is 2.78 bits per heavy atom. The fourth-order valence-electron chi connectivity index (χ4n) is 4.21. The molecule has 1 unspecified atom stereocenters. The molecule has 0 saturated carbocycles. The molecule has 1 saturated heterocycles. The van der Waals surface area contributed by atoms with Gasteiger partial charge in [0.1, 0.15) is 17.1 Å². The lowest BCUT2D eigenvalue weighted by Crippen LogP contribution is -2.52. The van der Waals surface area contributed by atoms with Crippen LogP contribution in [0.3, 0.4) is 0 Å². The molecule has 0 bridgehead atoms. The molecule has 0 radical (unpaired) electrons. The summed E-state index contributed by atoms with van der Waals surface area (Å²) in [5, 5.41) is 12.1. The summed E-state index contributed by atoms with van der Waals surface area (Å²) < 4.78 is 11.2. The molecule has 6 nitrogen and oxygen atoms in total. The van der Waals surface area contributed by atoms with Gasteiger partial charge >= 0.3 is 0 Å². The van der Waals surface area contributed by atoms with Crippen molar-refractivity contribution in [3.8, 4) is 0 Å². The molecule has 1 aliphatic heterocycles. The minimum Gasteiger partial charge on any atom is -0.388 e. The summed E-state index contributed by atoms with van der Waals surface area (Å²) in [4.78, 5) is 24.4. The molecule has 2 aliphatic rings. The van der Waals surface area contributed by atoms with Crippen molar-refractivity contribution in [1.29, 1.82) is 0 Å².